The predicted octanol–water partition coefficient (Wildman–Crippen LogP) is 1.22. The Kier molecular flexibility index (Phi) is 5.27. The van der Waals surface area contributed by atoms with Gasteiger partial charge in [0.2, 0.25) is 0 Å². The van der Waals surface area contributed by atoms with Crippen LogP contribution in [0.3, 0.4) is 0 Å². The van der Waals surface area contributed by atoms with Crippen molar-refractivity contribution in [2.75, 3.05) is 32.8 Å². The number of imidazole rings is 1. The number of likely N-dealkylation sites (tertiary alicyclic amines) is 1. The molecule has 2 aromatic heterocycles. The Hall–Kier alpha value is -2.19. The van der Waals surface area contributed by atoms with E-state index in [2.05, 4.69) is 15.0 Å². The summed E-state index contributed by atoms with van der Waals surface area (Å²) >= 11 is 0. The number of piperidine rings is 1. The highest BCUT2D eigenvalue weighted by atomic mass is 16.5. The second kappa shape index (κ2) is 7.82. The topological polar surface area (TPSA) is 68.4 Å². The molecule has 0 aliphatic carbocycles. The lowest BCUT2D eigenvalue weighted by atomic mass is 9.99. The largest absolute Gasteiger partial charge is 0.373 e. The lowest BCUT2D eigenvalue weighted by Crippen LogP contribution is -2.52. The molecule has 2 aliphatic heterocycles. The highest BCUT2D eigenvalue weighted by molar-refractivity contribution is 5.92. The summed E-state index contributed by atoms with van der Waals surface area (Å²) in [5, 5.41) is 4.34. The van der Waals surface area contributed by atoms with Gasteiger partial charge in [-0.05, 0) is 25.9 Å². The standard InChI is InChI=1S/C19H28N6O2/c1-22-14-20-11-16(22)19(26)25-8-9-27-17(13-24-6-4-3-5-7-24)18(25)15-10-21-23(2)12-15/h10-12,14,17-18H,3-9,13H2,1-2H3/t17-,18-/m0/s1. The smallest absolute Gasteiger partial charge is 0.272 e. The average molecular weight is 372 g/mol. The zero-order chi connectivity index (χ0) is 18.8. The van der Waals surface area contributed by atoms with Crippen molar-refractivity contribution in [2.45, 2.75) is 31.4 Å². The van der Waals surface area contributed by atoms with E-state index in [4.69, 9.17) is 4.74 Å². The van der Waals surface area contributed by atoms with E-state index in [0.717, 1.165) is 25.2 Å². The summed E-state index contributed by atoms with van der Waals surface area (Å²) in [5.74, 6) is -0.00389. The molecule has 2 fully saturated rings. The minimum atomic E-state index is -0.142. The third-order valence-electron chi connectivity index (χ3n) is 5.60. The van der Waals surface area contributed by atoms with Crippen LogP contribution in [0.5, 0.6) is 0 Å². The second-order valence-electron chi connectivity index (χ2n) is 7.55. The van der Waals surface area contributed by atoms with Crippen LogP contribution in [0.15, 0.2) is 24.9 Å². The lowest BCUT2D eigenvalue weighted by molar-refractivity contribution is -0.0743. The number of hydrogen-bond acceptors (Lipinski definition) is 5. The first-order chi connectivity index (χ1) is 13.1. The molecule has 2 saturated heterocycles. The second-order valence-corrected chi connectivity index (χ2v) is 7.55. The Bertz CT molecular complexity index is 779. The normalized spacial score (nSPS) is 24.3. The van der Waals surface area contributed by atoms with Gasteiger partial charge in [-0.25, -0.2) is 4.98 Å². The van der Waals surface area contributed by atoms with Gasteiger partial charge < -0.3 is 19.1 Å². The predicted molar refractivity (Wildman–Crippen MR) is 100 cm³/mol. The number of nitrogens with zero attached hydrogens (tertiary/aromatic N) is 6. The monoisotopic (exact) mass is 372 g/mol. The third-order valence-corrected chi connectivity index (χ3v) is 5.60. The molecular weight excluding hydrogens is 344 g/mol. The number of ether oxygens (including phenoxy) is 1. The lowest BCUT2D eigenvalue weighted by Gasteiger charge is -2.43. The van der Waals surface area contributed by atoms with Gasteiger partial charge in [0, 0.05) is 38.9 Å². The number of aryl methyl sites for hydroxylation is 2. The summed E-state index contributed by atoms with van der Waals surface area (Å²) in [6.07, 6.45) is 10.9. The van der Waals surface area contributed by atoms with Crippen LogP contribution >= 0.6 is 0 Å². The molecule has 4 rings (SSSR count). The zero-order valence-corrected chi connectivity index (χ0v) is 16.1. The van der Waals surface area contributed by atoms with Gasteiger partial charge in [0.15, 0.2) is 0 Å². The average Bonchev–Trinajstić information content (AvgIpc) is 3.30. The molecule has 8 heteroatoms. The van der Waals surface area contributed by atoms with E-state index < -0.39 is 0 Å². The van der Waals surface area contributed by atoms with E-state index in [1.54, 1.807) is 21.8 Å². The molecule has 27 heavy (non-hydrogen) atoms. The van der Waals surface area contributed by atoms with E-state index in [9.17, 15) is 4.79 Å². The molecule has 4 heterocycles. The van der Waals surface area contributed by atoms with E-state index >= 15 is 0 Å². The van der Waals surface area contributed by atoms with Gasteiger partial charge >= 0.3 is 0 Å². The third kappa shape index (κ3) is 3.77. The van der Waals surface area contributed by atoms with Crippen molar-refractivity contribution in [1.29, 1.82) is 0 Å². The number of hydrogen-bond donors (Lipinski definition) is 0. The summed E-state index contributed by atoms with van der Waals surface area (Å²) in [5.41, 5.74) is 1.62. The minimum absolute atomic E-state index is 0.00389. The number of carbonyl (C=O) groups excluding carboxylic acids is 1. The van der Waals surface area contributed by atoms with Crippen LogP contribution in [-0.4, -0.2) is 73.9 Å². The van der Waals surface area contributed by atoms with E-state index in [-0.39, 0.29) is 18.1 Å². The first kappa shape index (κ1) is 18.2. The fraction of sp³-hybridized carbons (Fsp3) is 0.632. The van der Waals surface area contributed by atoms with Crippen LogP contribution in [0, 0.1) is 0 Å². The Balaban J connectivity index is 1.62. The van der Waals surface area contributed by atoms with Gasteiger partial charge in [0.05, 0.1) is 37.5 Å². The van der Waals surface area contributed by atoms with Gasteiger partial charge in [0.25, 0.3) is 5.91 Å². The summed E-state index contributed by atoms with van der Waals surface area (Å²) < 4.78 is 9.75. The first-order valence-corrected chi connectivity index (χ1v) is 9.73. The number of amides is 1. The quantitative estimate of drug-likeness (QED) is 0.807. The first-order valence-electron chi connectivity index (χ1n) is 9.73. The van der Waals surface area contributed by atoms with Crippen LogP contribution in [0.1, 0.15) is 41.4 Å². The van der Waals surface area contributed by atoms with Crippen LogP contribution in [0.4, 0.5) is 0 Å². The molecule has 0 bridgehead atoms. The number of aromatic nitrogens is 4. The maximum Gasteiger partial charge on any atom is 0.272 e. The Morgan fingerprint density at radius 2 is 2.00 bits per heavy atom. The molecule has 0 aromatic carbocycles. The van der Waals surface area contributed by atoms with E-state index in [1.807, 2.05) is 31.4 Å². The van der Waals surface area contributed by atoms with Gasteiger partial charge in [-0.15, -0.1) is 0 Å². The van der Waals surface area contributed by atoms with Gasteiger partial charge in [0.1, 0.15) is 5.69 Å². The van der Waals surface area contributed by atoms with Crippen molar-refractivity contribution in [2.24, 2.45) is 14.1 Å². The fourth-order valence-corrected chi connectivity index (χ4v) is 4.21. The molecule has 2 aromatic rings. The zero-order valence-electron chi connectivity index (χ0n) is 16.1. The highest BCUT2D eigenvalue weighted by Crippen LogP contribution is 2.31. The summed E-state index contributed by atoms with van der Waals surface area (Å²) in [6, 6.07) is -0.142. The maximum atomic E-state index is 13.3. The Morgan fingerprint density at radius 3 is 2.67 bits per heavy atom. The van der Waals surface area contributed by atoms with Crippen LogP contribution < -0.4 is 0 Å². The molecule has 8 nitrogen and oxygen atoms in total. The fourth-order valence-electron chi connectivity index (χ4n) is 4.21. The molecule has 2 aliphatic rings. The van der Waals surface area contributed by atoms with Crippen LogP contribution in [-0.2, 0) is 18.8 Å². The van der Waals surface area contributed by atoms with Crippen molar-refractivity contribution in [3.8, 4) is 0 Å². The molecular formula is C19H28N6O2. The van der Waals surface area contributed by atoms with Crippen LogP contribution in [0.2, 0.25) is 0 Å². The van der Waals surface area contributed by atoms with Gasteiger partial charge in [-0.1, -0.05) is 6.42 Å². The van der Waals surface area contributed by atoms with Crippen molar-refractivity contribution in [1.82, 2.24) is 29.1 Å². The van der Waals surface area contributed by atoms with E-state index in [0.29, 0.717) is 18.8 Å². The number of carbonyl (C=O) groups is 1. The summed E-state index contributed by atoms with van der Waals surface area (Å²) in [6.45, 7) is 4.18. The Morgan fingerprint density at radius 1 is 1.19 bits per heavy atom. The van der Waals surface area contributed by atoms with E-state index in [1.165, 1.54) is 19.3 Å². The van der Waals surface area contributed by atoms with Crippen molar-refractivity contribution in [3.05, 3.63) is 36.2 Å². The molecule has 0 radical (unpaired) electrons. The molecule has 0 N–H and O–H groups in total. The summed E-state index contributed by atoms with van der Waals surface area (Å²) in [7, 11) is 3.76. The molecule has 2 atom stereocenters. The van der Waals surface area contributed by atoms with Crippen molar-refractivity contribution in [3.63, 3.8) is 0 Å². The van der Waals surface area contributed by atoms with Crippen molar-refractivity contribution < 1.29 is 9.53 Å². The summed E-state index contributed by atoms with van der Waals surface area (Å²) in [4.78, 5) is 21.8. The SMILES string of the molecule is Cn1cc([C@H]2[C@H](CN3CCCCC3)OCCN2C(=O)c2cncn2C)cn1. The van der Waals surface area contributed by atoms with Gasteiger partial charge in [-0.2, -0.15) is 5.10 Å². The Labute approximate surface area is 159 Å². The van der Waals surface area contributed by atoms with Gasteiger partial charge in [-0.3, -0.25) is 9.48 Å². The molecule has 0 unspecified atom stereocenters. The minimum Gasteiger partial charge on any atom is -0.373 e. The molecule has 1 amide bonds. The highest BCUT2D eigenvalue weighted by Gasteiger charge is 2.39. The molecule has 0 spiro atoms. The van der Waals surface area contributed by atoms with Crippen LogP contribution in [0.25, 0.3) is 0 Å². The molecule has 0 saturated carbocycles. The maximum absolute atomic E-state index is 13.3. The molecule has 146 valence electrons. The number of morpholine rings is 1. The van der Waals surface area contributed by atoms with Crippen molar-refractivity contribution >= 4 is 5.91 Å². The number of rotatable bonds is 4.